The van der Waals surface area contributed by atoms with E-state index in [0.29, 0.717) is 6.04 Å². The first kappa shape index (κ1) is 5.42. The lowest BCUT2D eigenvalue weighted by atomic mass is 10.1. The highest BCUT2D eigenvalue weighted by Crippen LogP contribution is 2.03. The number of hydrogen-bond donors (Lipinski definition) is 1. The van der Waals surface area contributed by atoms with Crippen molar-refractivity contribution >= 4 is 0 Å². The van der Waals surface area contributed by atoms with Crippen LogP contribution >= 0.6 is 0 Å². The van der Waals surface area contributed by atoms with Gasteiger partial charge in [-0.1, -0.05) is 11.6 Å². The van der Waals surface area contributed by atoms with Crippen LogP contribution < -0.4 is 5.32 Å². The minimum Gasteiger partial charge on any atom is -0.385 e. The number of rotatable bonds is 0. The largest absolute Gasteiger partial charge is 0.385 e. The van der Waals surface area contributed by atoms with Crippen molar-refractivity contribution in [2.45, 2.75) is 19.9 Å². The van der Waals surface area contributed by atoms with E-state index < -0.39 is 0 Å². The van der Waals surface area contributed by atoms with Crippen molar-refractivity contribution in [1.82, 2.24) is 5.32 Å². The van der Waals surface area contributed by atoms with E-state index >= 15 is 0 Å². The van der Waals surface area contributed by atoms with Crippen LogP contribution in [0.1, 0.15) is 13.8 Å². The second-order valence-corrected chi connectivity index (χ2v) is 2.16. The van der Waals surface area contributed by atoms with E-state index in [9.17, 15) is 0 Å². The fraction of sp³-hybridized carbons (Fsp3) is 0.429. The third-order valence-electron chi connectivity index (χ3n) is 1.48. The van der Waals surface area contributed by atoms with Crippen LogP contribution in [-0.2, 0) is 0 Å². The van der Waals surface area contributed by atoms with Gasteiger partial charge in [-0.15, -0.1) is 0 Å². The van der Waals surface area contributed by atoms with Gasteiger partial charge in [0.25, 0.3) is 0 Å². The lowest BCUT2D eigenvalue weighted by Gasteiger charge is -2.14. The molecule has 0 aromatic heterocycles. The Hall–Kier alpha value is -0.720. The molecule has 1 atom stereocenters. The van der Waals surface area contributed by atoms with Crippen molar-refractivity contribution in [1.29, 1.82) is 0 Å². The number of hydrogen-bond acceptors (Lipinski definition) is 1. The topological polar surface area (TPSA) is 12.0 Å². The maximum atomic E-state index is 3.18. The van der Waals surface area contributed by atoms with Crippen LogP contribution in [0.4, 0.5) is 0 Å². The third-order valence-corrected chi connectivity index (χ3v) is 1.48. The van der Waals surface area contributed by atoms with E-state index in [1.165, 1.54) is 5.57 Å². The first-order valence-corrected chi connectivity index (χ1v) is 2.90. The molecule has 1 nitrogen and oxygen atoms in total. The highest BCUT2D eigenvalue weighted by Gasteiger charge is 2.00. The molecule has 0 aliphatic carbocycles. The van der Waals surface area contributed by atoms with Crippen LogP contribution in [-0.4, -0.2) is 6.04 Å². The minimum atomic E-state index is 0.528. The molecule has 1 heteroatoms. The second kappa shape index (κ2) is 2.03. The van der Waals surface area contributed by atoms with Gasteiger partial charge < -0.3 is 5.32 Å². The molecule has 1 aliphatic heterocycles. The summed E-state index contributed by atoms with van der Waals surface area (Å²) in [6, 6.07) is 0.528. The molecule has 1 heterocycles. The summed E-state index contributed by atoms with van der Waals surface area (Å²) in [4.78, 5) is 0. The molecule has 0 saturated heterocycles. The highest BCUT2D eigenvalue weighted by molar-refractivity contribution is 5.19. The fourth-order valence-corrected chi connectivity index (χ4v) is 0.676. The zero-order valence-electron chi connectivity index (χ0n) is 5.31. The molecule has 0 aromatic rings. The molecule has 0 amide bonds. The van der Waals surface area contributed by atoms with Crippen molar-refractivity contribution in [3.05, 3.63) is 23.9 Å². The smallest absolute Gasteiger partial charge is 0.0440 e. The maximum Gasteiger partial charge on any atom is 0.0440 e. The predicted octanol–water partition coefficient (Wildman–Crippen LogP) is 1.44. The molecule has 0 aromatic carbocycles. The molecule has 1 aliphatic rings. The van der Waals surface area contributed by atoms with E-state index in [1.54, 1.807) is 0 Å². The van der Waals surface area contributed by atoms with Crippen molar-refractivity contribution in [3.63, 3.8) is 0 Å². The normalized spacial score (nSPS) is 26.8. The quantitative estimate of drug-likeness (QED) is 0.496. The Balaban J connectivity index is 2.66. The van der Waals surface area contributed by atoms with E-state index in [2.05, 4.69) is 25.2 Å². The molecular weight excluding hydrogens is 98.1 g/mol. The average Bonchev–Trinajstić information content (AvgIpc) is 1.77. The molecule has 1 N–H and O–H groups in total. The van der Waals surface area contributed by atoms with E-state index in [1.807, 2.05) is 12.3 Å². The number of dihydropyridines is 1. The molecule has 1 unspecified atom stereocenters. The van der Waals surface area contributed by atoms with Gasteiger partial charge in [0.15, 0.2) is 0 Å². The SMILES string of the molecule is CC1=CC=CNC1C. The van der Waals surface area contributed by atoms with Gasteiger partial charge in [-0.3, -0.25) is 0 Å². The number of allylic oxidation sites excluding steroid dienone is 2. The average molecular weight is 109 g/mol. The Labute approximate surface area is 50.1 Å². The highest BCUT2D eigenvalue weighted by atomic mass is 14.9. The van der Waals surface area contributed by atoms with Crippen LogP contribution in [0.5, 0.6) is 0 Å². The lowest BCUT2D eigenvalue weighted by molar-refractivity contribution is 0.718. The van der Waals surface area contributed by atoms with E-state index in [0.717, 1.165) is 0 Å². The van der Waals surface area contributed by atoms with E-state index in [4.69, 9.17) is 0 Å². The minimum absolute atomic E-state index is 0.528. The fourth-order valence-electron chi connectivity index (χ4n) is 0.676. The van der Waals surface area contributed by atoms with Gasteiger partial charge in [-0.05, 0) is 26.1 Å². The summed E-state index contributed by atoms with van der Waals surface area (Å²) >= 11 is 0. The summed E-state index contributed by atoms with van der Waals surface area (Å²) in [6.07, 6.45) is 6.12. The Bertz CT molecular complexity index is 133. The molecule has 0 saturated carbocycles. The van der Waals surface area contributed by atoms with Crippen LogP contribution in [0, 0.1) is 0 Å². The standard InChI is InChI=1S/C7H11N/c1-6-4-3-5-8-7(6)2/h3-5,7-8H,1-2H3. The predicted molar refractivity (Wildman–Crippen MR) is 35.5 cm³/mol. The molecule has 44 valence electrons. The molecule has 1 rings (SSSR count). The second-order valence-electron chi connectivity index (χ2n) is 2.16. The summed E-state index contributed by atoms with van der Waals surface area (Å²) < 4.78 is 0. The van der Waals surface area contributed by atoms with Crippen LogP contribution in [0.25, 0.3) is 0 Å². The van der Waals surface area contributed by atoms with Crippen LogP contribution in [0.15, 0.2) is 23.9 Å². The Morgan fingerprint density at radius 2 is 2.38 bits per heavy atom. The van der Waals surface area contributed by atoms with Gasteiger partial charge in [-0.25, -0.2) is 0 Å². The Morgan fingerprint density at radius 3 is 2.75 bits per heavy atom. The molecule has 0 spiro atoms. The van der Waals surface area contributed by atoms with Crippen molar-refractivity contribution in [2.24, 2.45) is 0 Å². The molecule has 0 radical (unpaired) electrons. The van der Waals surface area contributed by atoms with Gasteiger partial charge in [0, 0.05) is 6.04 Å². The lowest BCUT2D eigenvalue weighted by Crippen LogP contribution is -2.23. The third kappa shape index (κ3) is 0.915. The van der Waals surface area contributed by atoms with Gasteiger partial charge in [-0.2, -0.15) is 0 Å². The van der Waals surface area contributed by atoms with Gasteiger partial charge in [0.05, 0.1) is 0 Å². The zero-order chi connectivity index (χ0) is 5.98. The van der Waals surface area contributed by atoms with Crippen molar-refractivity contribution < 1.29 is 0 Å². The van der Waals surface area contributed by atoms with Crippen LogP contribution in [0.3, 0.4) is 0 Å². The molecule has 8 heavy (non-hydrogen) atoms. The molecule has 0 bridgehead atoms. The van der Waals surface area contributed by atoms with Gasteiger partial charge in [0.2, 0.25) is 0 Å². The zero-order valence-corrected chi connectivity index (χ0v) is 5.31. The Kier molecular flexibility index (Phi) is 1.38. The molecule has 0 fully saturated rings. The first-order valence-electron chi connectivity index (χ1n) is 2.90. The molecular formula is C7H11N. The summed E-state index contributed by atoms with van der Waals surface area (Å²) in [5, 5.41) is 3.18. The first-order chi connectivity index (χ1) is 3.80. The van der Waals surface area contributed by atoms with Gasteiger partial charge >= 0.3 is 0 Å². The van der Waals surface area contributed by atoms with Crippen molar-refractivity contribution in [2.75, 3.05) is 0 Å². The summed E-state index contributed by atoms with van der Waals surface area (Å²) in [5.41, 5.74) is 1.40. The monoisotopic (exact) mass is 109 g/mol. The summed E-state index contributed by atoms with van der Waals surface area (Å²) in [5.74, 6) is 0. The maximum absolute atomic E-state index is 3.18. The van der Waals surface area contributed by atoms with Crippen molar-refractivity contribution in [3.8, 4) is 0 Å². The number of nitrogens with one attached hydrogen (secondary N) is 1. The van der Waals surface area contributed by atoms with Crippen LogP contribution in [0.2, 0.25) is 0 Å². The van der Waals surface area contributed by atoms with Gasteiger partial charge in [0.1, 0.15) is 0 Å². The van der Waals surface area contributed by atoms with E-state index in [-0.39, 0.29) is 0 Å². The summed E-state index contributed by atoms with van der Waals surface area (Å²) in [7, 11) is 0. The summed E-state index contributed by atoms with van der Waals surface area (Å²) in [6.45, 7) is 4.27. The Morgan fingerprint density at radius 1 is 1.62 bits per heavy atom.